The Bertz CT molecular complexity index is 1120. The van der Waals surface area contributed by atoms with Crippen molar-refractivity contribution in [2.75, 3.05) is 0 Å². The van der Waals surface area contributed by atoms with E-state index in [4.69, 9.17) is 11.6 Å². The predicted octanol–water partition coefficient (Wildman–Crippen LogP) is 3.64. The molecule has 0 spiro atoms. The van der Waals surface area contributed by atoms with E-state index < -0.39 is 0 Å². The highest BCUT2D eigenvalue weighted by molar-refractivity contribution is 6.30. The summed E-state index contributed by atoms with van der Waals surface area (Å²) in [6, 6.07) is 11.3. The minimum absolute atomic E-state index is 0.0946. The van der Waals surface area contributed by atoms with Gasteiger partial charge >= 0.3 is 0 Å². The van der Waals surface area contributed by atoms with Crippen molar-refractivity contribution in [2.24, 2.45) is 0 Å². The average Bonchev–Trinajstić information content (AvgIpc) is 3.03. The summed E-state index contributed by atoms with van der Waals surface area (Å²) in [5, 5.41) is 3.67. The Labute approximate surface area is 148 Å². The molecule has 3 aromatic heterocycles. The number of fused-ring (bicyclic) bond motifs is 1. The molecular weight excluding hydrogens is 336 g/mol. The molecule has 0 aliphatic carbocycles. The molecule has 0 saturated heterocycles. The normalized spacial score (nSPS) is 11.1. The van der Waals surface area contributed by atoms with E-state index >= 15 is 0 Å². The number of hydrogen-bond donors (Lipinski definition) is 1. The maximum atomic E-state index is 12.9. The number of nitrogens with zero attached hydrogens (tertiary/aromatic N) is 3. The summed E-state index contributed by atoms with van der Waals surface area (Å²) < 4.78 is 1.49. The van der Waals surface area contributed by atoms with Crippen LogP contribution in [0.3, 0.4) is 0 Å². The zero-order valence-corrected chi connectivity index (χ0v) is 14.3. The second-order valence-electron chi connectivity index (χ2n) is 5.87. The number of pyridine rings is 1. The van der Waals surface area contributed by atoms with Gasteiger partial charge in [0.25, 0.3) is 5.56 Å². The molecule has 0 unspecified atom stereocenters. The second-order valence-corrected chi connectivity index (χ2v) is 6.31. The van der Waals surface area contributed by atoms with E-state index in [1.807, 2.05) is 43.3 Å². The van der Waals surface area contributed by atoms with Crippen molar-refractivity contribution < 1.29 is 0 Å². The maximum absolute atomic E-state index is 12.9. The first kappa shape index (κ1) is 15.6. The van der Waals surface area contributed by atoms with Gasteiger partial charge in [0.15, 0.2) is 5.65 Å². The van der Waals surface area contributed by atoms with E-state index in [9.17, 15) is 4.79 Å². The summed E-state index contributed by atoms with van der Waals surface area (Å²) in [5.41, 5.74) is 4.71. The van der Waals surface area contributed by atoms with Gasteiger partial charge in [0.2, 0.25) is 0 Å². The quantitative estimate of drug-likeness (QED) is 0.613. The van der Waals surface area contributed by atoms with Crippen molar-refractivity contribution in [2.45, 2.75) is 13.3 Å². The number of aromatic nitrogens is 4. The minimum Gasteiger partial charge on any atom is -0.296 e. The number of aromatic amines is 1. The Morgan fingerprint density at radius 3 is 2.76 bits per heavy atom. The first-order valence-electron chi connectivity index (χ1n) is 7.88. The van der Waals surface area contributed by atoms with Crippen LogP contribution in [0.15, 0.2) is 59.8 Å². The highest BCUT2D eigenvalue weighted by Gasteiger charge is 2.15. The molecule has 1 N–H and O–H groups in total. The number of nitrogens with one attached hydrogen (secondary N) is 1. The van der Waals surface area contributed by atoms with Crippen LogP contribution >= 0.6 is 11.6 Å². The van der Waals surface area contributed by atoms with E-state index in [0.29, 0.717) is 22.7 Å². The van der Waals surface area contributed by atoms with E-state index in [1.54, 1.807) is 18.6 Å². The van der Waals surface area contributed by atoms with Crippen molar-refractivity contribution in [1.82, 2.24) is 19.6 Å². The van der Waals surface area contributed by atoms with Gasteiger partial charge in [0.05, 0.1) is 0 Å². The highest BCUT2D eigenvalue weighted by Crippen LogP contribution is 2.23. The van der Waals surface area contributed by atoms with Crippen LogP contribution in [-0.2, 0) is 6.42 Å². The number of aryl methyl sites for hydroxylation is 1. The summed E-state index contributed by atoms with van der Waals surface area (Å²) in [7, 11) is 0. The largest absolute Gasteiger partial charge is 0.296 e. The van der Waals surface area contributed by atoms with Crippen LogP contribution in [0, 0.1) is 6.92 Å². The lowest BCUT2D eigenvalue weighted by molar-refractivity contribution is 0.860. The molecule has 0 aliphatic heterocycles. The van der Waals surface area contributed by atoms with Gasteiger partial charge in [-0.25, -0.2) is 9.50 Å². The highest BCUT2D eigenvalue weighted by atomic mass is 35.5. The topological polar surface area (TPSA) is 63.1 Å². The summed E-state index contributed by atoms with van der Waals surface area (Å²) in [5.74, 6) is 0. The molecule has 6 heteroatoms. The maximum Gasteiger partial charge on any atom is 0.276 e. The second kappa shape index (κ2) is 6.18. The lowest BCUT2D eigenvalue weighted by Gasteiger charge is -2.07. The fraction of sp³-hybridized carbons (Fsp3) is 0.105. The summed E-state index contributed by atoms with van der Waals surface area (Å²) >= 11 is 6.05. The third-order valence-corrected chi connectivity index (χ3v) is 4.46. The van der Waals surface area contributed by atoms with E-state index in [-0.39, 0.29) is 5.56 Å². The lowest BCUT2D eigenvalue weighted by atomic mass is 10.0. The van der Waals surface area contributed by atoms with E-state index in [0.717, 1.165) is 22.4 Å². The summed E-state index contributed by atoms with van der Waals surface area (Å²) in [6.45, 7) is 1.87. The van der Waals surface area contributed by atoms with Gasteiger partial charge in [0.1, 0.15) is 0 Å². The van der Waals surface area contributed by atoms with Crippen molar-refractivity contribution >= 4 is 17.2 Å². The van der Waals surface area contributed by atoms with E-state index in [1.165, 1.54) is 4.52 Å². The molecular formula is C19H15ClN4O. The Morgan fingerprint density at radius 2 is 2.00 bits per heavy atom. The fourth-order valence-corrected chi connectivity index (χ4v) is 3.17. The molecule has 25 heavy (non-hydrogen) atoms. The third-order valence-electron chi connectivity index (χ3n) is 4.22. The summed E-state index contributed by atoms with van der Waals surface area (Å²) in [6.07, 6.45) is 5.72. The Hall–Kier alpha value is -2.92. The number of benzene rings is 1. The first-order valence-corrected chi connectivity index (χ1v) is 8.26. The zero-order chi connectivity index (χ0) is 17.4. The summed E-state index contributed by atoms with van der Waals surface area (Å²) in [4.78, 5) is 21.6. The Morgan fingerprint density at radius 1 is 1.20 bits per heavy atom. The van der Waals surface area contributed by atoms with Crippen molar-refractivity contribution in [3.05, 3.63) is 87.2 Å². The molecule has 0 bridgehead atoms. The smallest absolute Gasteiger partial charge is 0.276 e. The van der Waals surface area contributed by atoms with E-state index in [2.05, 4.69) is 15.1 Å². The zero-order valence-electron chi connectivity index (χ0n) is 13.5. The van der Waals surface area contributed by atoms with Gasteiger partial charge in [0, 0.05) is 46.9 Å². The van der Waals surface area contributed by atoms with Crippen molar-refractivity contribution in [3.63, 3.8) is 0 Å². The Kier molecular flexibility index (Phi) is 3.86. The third kappa shape index (κ3) is 2.83. The average molecular weight is 351 g/mol. The van der Waals surface area contributed by atoms with Crippen molar-refractivity contribution in [1.29, 1.82) is 0 Å². The van der Waals surface area contributed by atoms with Gasteiger partial charge < -0.3 is 0 Å². The molecule has 0 atom stereocenters. The number of H-pyrrole nitrogens is 1. The molecule has 0 amide bonds. The SMILES string of the molecule is Cc1nc2c(-c3ccncc3)c[nH]n2c(=O)c1Cc1cccc(Cl)c1. The molecule has 0 aliphatic rings. The number of halogens is 1. The van der Waals surface area contributed by atoms with Crippen LogP contribution < -0.4 is 5.56 Å². The van der Waals surface area contributed by atoms with Gasteiger partial charge in [-0.15, -0.1) is 0 Å². The lowest BCUT2D eigenvalue weighted by Crippen LogP contribution is -2.22. The predicted molar refractivity (Wildman–Crippen MR) is 98.0 cm³/mol. The molecule has 4 rings (SSSR count). The molecule has 1 aromatic carbocycles. The molecule has 0 fully saturated rings. The molecule has 0 radical (unpaired) electrons. The molecule has 0 saturated carbocycles. The van der Waals surface area contributed by atoms with Crippen molar-refractivity contribution in [3.8, 4) is 11.1 Å². The molecule has 124 valence electrons. The van der Waals surface area contributed by atoms with Crippen LogP contribution in [0.25, 0.3) is 16.8 Å². The molecule has 3 heterocycles. The van der Waals surface area contributed by atoms with Crippen LogP contribution in [-0.4, -0.2) is 19.6 Å². The molecule has 4 aromatic rings. The van der Waals surface area contributed by atoms with Gasteiger partial charge in [-0.05, 0) is 42.3 Å². The Balaban J connectivity index is 1.85. The number of hydrogen-bond acceptors (Lipinski definition) is 3. The van der Waals surface area contributed by atoms with Crippen LogP contribution in [0.5, 0.6) is 0 Å². The van der Waals surface area contributed by atoms with Gasteiger partial charge in [-0.3, -0.25) is 14.9 Å². The van der Waals surface area contributed by atoms with Crippen LogP contribution in [0.4, 0.5) is 0 Å². The fourth-order valence-electron chi connectivity index (χ4n) is 2.95. The molecule has 5 nitrogen and oxygen atoms in total. The monoisotopic (exact) mass is 350 g/mol. The standard InChI is InChI=1S/C19H15ClN4O/c1-12-16(10-13-3-2-4-15(20)9-13)19(25)24-18(23-12)17(11-22-24)14-5-7-21-8-6-14/h2-9,11,22H,10H2,1H3. The number of rotatable bonds is 3. The van der Waals surface area contributed by atoms with Crippen LogP contribution in [0.1, 0.15) is 16.8 Å². The van der Waals surface area contributed by atoms with Gasteiger partial charge in [-0.1, -0.05) is 23.7 Å². The minimum atomic E-state index is -0.0946. The van der Waals surface area contributed by atoms with Crippen LogP contribution in [0.2, 0.25) is 5.02 Å². The first-order chi connectivity index (χ1) is 12.1. The van der Waals surface area contributed by atoms with Gasteiger partial charge in [-0.2, -0.15) is 0 Å².